The first-order valence-corrected chi connectivity index (χ1v) is 7.14. The summed E-state index contributed by atoms with van der Waals surface area (Å²) in [7, 11) is 1.39. The molecule has 6 atom stereocenters. The Morgan fingerprint density at radius 1 is 1.47 bits per heavy atom. The van der Waals surface area contributed by atoms with E-state index in [-0.39, 0.29) is 17.8 Å². The SMILES string of the molecule is COC1OC(CSCC(N)C(=O)O)C(C)C(O)C1O. The van der Waals surface area contributed by atoms with E-state index in [1.54, 1.807) is 6.92 Å². The van der Waals surface area contributed by atoms with Gasteiger partial charge in [-0.05, 0) is 0 Å². The minimum absolute atomic E-state index is 0.262. The number of aliphatic carboxylic acids is 1. The van der Waals surface area contributed by atoms with Gasteiger partial charge in [0.25, 0.3) is 0 Å². The topological polar surface area (TPSA) is 122 Å². The van der Waals surface area contributed by atoms with E-state index < -0.39 is 30.5 Å². The third-order valence-electron chi connectivity index (χ3n) is 3.19. The average Bonchev–Trinajstić information content (AvgIpc) is 2.38. The number of ether oxygens (including phenoxy) is 2. The van der Waals surface area contributed by atoms with Gasteiger partial charge in [0.2, 0.25) is 0 Å². The van der Waals surface area contributed by atoms with Gasteiger partial charge in [0.05, 0.1) is 12.2 Å². The molecule has 7 nitrogen and oxygen atoms in total. The fraction of sp³-hybridized carbons (Fsp3) is 0.909. The molecule has 1 rings (SSSR count). The molecule has 0 spiro atoms. The maximum Gasteiger partial charge on any atom is 0.321 e. The van der Waals surface area contributed by atoms with Gasteiger partial charge >= 0.3 is 5.97 Å². The van der Waals surface area contributed by atoms with Crippen LogP contribution in [0.25, 0.3) is 0 Å². The highest BCUT2D eigenvalue weighted by molar-refractivity contribution is 7.99. The Balaban J connectivity index is 2.46. The number of carbonyl (C=O) groups is 1. The Morgan fingerprint density at radius 3 is 2.63 bits per heavy atom. The molecule has 6 unspecified atom stereocenters. The van der Waals surface area contributed by atoms with Crippen LogP contribution < -0.4 is 5.73 Å². The van der Waals surface area contributed by atoms with E-state index >= 15 is 0 Å². The van der Waals surface area contributed by atoms with Crippen molar-refractivity contribution < 1.29 is 29.6 Å². The first kappa shape index (κ1) is 16.7. The Hall–Kier alpha value is -0.380. The van der Waals surface area contributed by atoms with Crippen molar-refractivity contribution in [2.24, 2.45) is 11.7 Å². The molecule has 8 heteroatoms. The Kier molecular flexibility index (Phi) is 6.51. The normalized spacial score (nSPS) is 37.0. The number of aliphatic hydroxyl groups excluding tert-OH is 2. The maximum atomic E-state index is 10.6. The van der Waals surface area contributed by atoms with E-state index in [0.29, 0.717) is 5.75 Å². The molecule has 0 radical (unpaired) electrons. The summed E-state index contributed by atoms with van der Waals surface area (Å²) in [6, 6.07) is -0.919. The second-order valence-electron chi connectivity index (χ2n) is 4.60. The van der Waals surface area contributed by atoms with Crippen molar-refractivity contribution in [1.29, 1.82) is 0 Å². The van der Waals surface area contributed by atoms with Crippen LogP contribution in [0.1, 0.15) is 6.92 Å². The van der Waals surface area contributed by atoms with Crippen LogP contribution in [0.4, 0.5) is 0 Å². The van der Waals surface area contributed by atoms with E-state index in [4.69, 9.17) is 20.3 Å². The Labute approximate surface area is 116 Å². The van der Waals surface area contributed by atoms with Crippen LogP contribution >= 0.6 is 11.8 Å². The lowest BCUT2D eigenvalue weighted by molar-refractivity contribution is -0.270. The second kappa shape index (κ2) is 7.41. The number of thioether (sulfide) groups is 1. The number of hydrogen-bond donors (Lipinski definition) is 4. The lowest BCUT2D eigenvalue weighted by Gasteiger charge is -2.40. The number of methoxy groups -OCH3 is 1. The molecule has 1 saturated heterocycles. The molecule has 1 aliphatic rings. The molecule has 0 aromatic carbocycles. The highest BCUT2D eigenvalue weighted by atomic mass is 32.2. The van der Waals surface area contributed by atoms with Gasteiger partial charge in [-0.15, -0.1) is 0 Å². The summed E-state index contributed by atoms with van der Waals surface area (Å²) in [4.78, 5) is 10.6. The van der Waals surface area contributed by atoms with E-state index in [1.807, 2.05) is 0 Å². The largest absolute Gasteiger partial charge is 0.480 e. The van der Waals surface area contributed by atoms with Gasteiger partial charge in [0.15, 0.2) is 6.29 Å². The molecule has 0 aliphatic carbocycles. The molecule has 19 heavy (non-hydrogen) atoms. The van der Waals surface area contributed by atoms with Gasteiger partial charge in [0, 0.05) is 24.5 Å². The van der Waals surface area contributed by atoms with Crippen molar-refractivity contribution in [2.45, 2.75) is 37.6 Å². The van der Waals surface area contributed by atoms with Gasteiger partial charge in [-0.25, -0.2) is 0 Å². The molecular formula is C11H21NO6S. The average molecular weight is 295 g/mol. The minimum Gasteiger partial charge on any atom is -0.480 e. The number of hydrogen-bond acceptors (Lipinski definition) is 7. The van der Waals surface area contributed by atoms with Crippen LogP contribution in [0.15, 0.2) is 0 Å². The second-order valence-corrected chi connectivity index (χ2v) is 5.68. The molecule has 0 amide bonds. The molecule has 0 aromatic heterocycles. The lowest BCUT2D eigenvalue weighted by atomic mass is 9.91. The van der Waals surface area contributed by atoms with E-state index in [9.17, 15) is 15.0 Å². The summed E-state index contributed by atoms with van der Waals surface area (Å²) in [6.45, 7) is 1.77. The zero-order valence-corrected chi connectivity index (χ0v) is 11.7. The van der Waals surface area contributed by atoms with Crippen molar-refractivity contribution in [3.8, 4) is 0 Å². The molecule has 0 aromatic rings. The van der Waals surface area contributed by atoms with E-state index in [2.05, 4.69) is 0 Å². The third kappa shape index (κ3) is 4.30. The van der Waals surface area contributed by atoms with Crippen molar-refractivity contribution in [2.75, 3.05) is 18.6 Å². The molecule has 0 saturated carbocycles. The highest BCUT2D eigenvalue weighted by Crippen LogP contribution is 2.28. The summed E-state index contributed by atoms with van der Waals surface area (Å²) >= 11 is 1.34. The Morgan fingerprint density at radius 2 is 2.11 bits per heavy atom. The van der Waals surface area contributed by atoms with Gasteiger partial charge in [-0.3, -0.25) is 4.79 Å². The lowest BCUT2D eigenvalue weighted by Crippen LogP contribution is -2.54. The number of rotatable bonds is 6. The summed E-state index contributed by atoms with van der Waals surface area (Å²) < 4.78 is 10.5. The molecule has 1 fully saturated rings. The Bertz CT molecular complexity index is 303. The predicted octanol–water partition coefficient (Wildman–Crippen LogP) is -1.14. The van der Waals surface area contributed by atoms with Gasteiger partial charge < -0.3 is 30.5 Å². The summed E-state index contributed by atoms with van der Waals surface area (Å²) in [5.41, 5.74) is 5.39. The highest BCUT2D eigenvalue weighted by Gasteiger charge is 2.42. The van der Waals surface area contributed by atoms with Crippen molar-refractivity contribution in [3.63, 3.8) is 0 Å². The van der Waals surface area contributed by atoms with Gasteiger partial charge in [-0.2, -0.15) is 11.8 Å². The quantitative estimate of drug-likeness (QED) is 0.485. The molecule has 0 bridgehead atoms. The fourth-order valence-electron chi connectivity index (χ4n) is 1.84. The van der Waals surface area contributed by atoms with Crippen molar-refractivity contribution in [3.05, 3.63) is 0 Å². The maximum absolute atomic E-state index is 10.6. The molecule has 112 valence electrons. The van der Waals surface area contributed by atoms with Crippen molar-refractivity contribution in [1.82, 2.24) is 0 Å². The smallest absolute Gasteiger partial charge is 0.321 e. The van der Waals surface area contributed by atoms with E-state index in [0.717, 1.165) is 0 Å². The standard InChI is InChI=1S/C11H21NO6S/c1-5-7(4-19-3-6(12)10(15)16)18-11(17-2)9(14)8(5)13/h5-9,11,13-14H,3-4,12H2,1-2H3,(H,15,16). The number of carboxylic acids is 1. The monoisotopic (exact) mass is 295 g/mol. The van der Waals surface area contributed by atoms with Crippen LogP contribution in [-0.4, -0.2) is 70.5 Å². The van der Waals surface area contributed by atoms with Crippen LogP contribution in [-0.2, 0) is 14.3 Å². The summed E-state index contributed by atoms with van der Waals surface area (Å²) in [5.74, 6) is -0.574. The number of aliphatic hydroxyl groups is 2. The number of nitrogens with two attached hydrogens (primary N) is 1. The zero-order chi connectivity index (χ0) is 14.6. The minimum atomic E-state index is -1.08. The van der Waals surface area contributed by atoms with Crippen molar-refractivity contribution >= 4 is 17.7 Å². The first-order valence-electron chi connectivity index (χ1n) is 5.99. The number of carboxylic acid groups (broad SMARTS) is 1. The fourth-order valence-corrected chi connectivity index (χ4v) is 2.98. The van der Waals surface area contributed by atoms with E-state index in [1.165, 1.54) is 18.9 Å². The van der Waals surface area contributed by atoms with Crippen LogP contribution in [0.3, 0.4) is 0 Å². The van der Waals surface area contributed by atoms with Crippen LogP contribution in [0, 0.1) is 5.92 Å². The van der Waals surface area contributed by atoms with Crippen LogP contribution in [0.5, 0.6) is 0 Å². The molecule has 1 aliphatic heterocycles. The molecule has 5 N–H and O–H groups in total. The van der Waals surface area contributed by atoms with Gasteiger partial charge in [-0.1, -0.05) is 6.92 Å². The zero-order valence-electron chi connectivity index (χ0n) is 10.9. The molecule has 1 heterocycles. The van der Waals surface area contributed by atoms with Gasteiger partial charge in [0.1, 0.15) is 12.1 Å². The predicted molar refractivity (Wildman–Crippen MR) is 69.8 cm³/mol. The third-order valence-corrected chi connectivity index (χ3v) is 4.35. The first-order chi connectivity index (χ1) is 8.88. The molecular weight excluding hydrogens is 274 g/mol. The van der Waals surface area contributed by atoms with Crippen LogP contribution in [0.2, 0.25) is 0 Å². The summed E-state index contributed by atoms with van der Waals surface area (Å²) in [5, 5.41) is 28.2. The summed E-state index contributed by atoms with van der Waals surface area (Å²) in [6.07, 6.45) is -3.21.